The minimum Gasteiger partial charge on any atom is -0.466 e. The van der Waals surface area contributed by atoms with Gasteiger partial charge in [-0.3, -0.25) is 14.4 Å². The highest BCUT2D eigenvalue weighted by atomic mass is 79.9. The van der Waals surface area contributed by atoms with Gasteiger partial charge in [0, 0.05) is 10.0 Å². The molecule has 0 aliphatic carbocycles. The number of hydrogen-bond acceptors (Lipinski definition) is 4. The standard InChI is InChI=1S/C15H19BrN2O4/c1-3-22-12(19)7-9(2)13(14(17)20)18-15(21)10-5-4-6-11(16)8-10/h4-6,8-9,13H,3,7H2,1-2H3,(H2,17,20)(H,18,21)/t9-,13+/m0/s1. The number of nitrogens with two attached hydrogens (primary N) is 1. The number of carbonyl (C=O) groups is 3. The highest BCUT2D eigenvalue weighted by Crippen LogP contribution is 2.14. The Balaban J connectivity index is 2.77. The average molecular weight is 371 g/mol. The number of ether oxygens (including phenoxy) is 1. The lowest BCUT2D eigenvalue weighted by atomic mass is 9.97. The van der Waals surface area contributed by atoms with Crippen molar-refractivity contribution in [1.29, 1.82) is 0 Å². The van der Waals surface area contributed by atoms with Crippen LogP contribution in [0, 0.1) is 5.92 Å². The van der Waals surface area contributed by atoms with E-state index in [9.17, 15) is 14.4 Å². The summed E-state index contributed by atoms with van der Waals surface area (Å²) in [5, 5.41) is 2.57. The Morgan fingerprint density at radius 2 is 2.05 bits per heavy atom. The van der Waals surface area contributed by atoms with Crippen molar-refractivity contribution in [1.82, 2.24) is 5.32 Å². The molecule has 0 radical (unpaired) electrons. The van der Waals surface area contributed by atoms with Gasteiger partial charge in [-0.05, 0) is 31.0 Å². The number of amides is 2. The molecule has 6 nitrogen and oxygen atoms in total. The molecule has 0 spiro atoms. The molecular weight excluding hydrogens is 352 g/mol. The molecule has 0 heterocycles. The highest BCUT2D eigenvalue weighted by Gasteiger charge is 2.27. The van der Waals surface area contributed by atoms with Crippen molar-refractivity contribution in [2.45, 2.75) is 26.3 Å². The van der Waals surface area contributed by atoms with E-state index in [0.29, 0.717) is 5.56 Å². The molecule has 1 rings (SSSR count). The van der Waals surface area contributed by atoms with E-state index in [4.69, 9.17) is 10.5 Å². The Labute approximate surface area is 137 Å². The largest absolute Gasteiger partial charge is 0.466 e. The molecule has 0 unspecified atom stereocenters. The van der Waals surface area contributed by atoms with Crippen molar-refractivity contribution in [2.75, 3.05) is 6.61 Å². The molecule has 0 saturated carbocycles. The number of carbonyl (C=O) groups excluding carboxylic acids is 3. The second-order valence-corrected chi connectivity index (χ2v) is 5.77. The van der Waals surface area contributed by atoms with Crippen LogP contribution in [0.3, 0.4) is 0 Å². The van der Waals surface area contributed by atoms with E-state index in [1.165, 1.54) is 0 Å². The Hall–Kier alpha value is -1.89. The molecule has 2 amide bonds. The van der Waals surface area contributed by atoms with Crippen LogP contribution in [0.2, 0.25) is 0 Å². The van der Waals surface area contributed by atoms with Crippen molar-refractivity contribution in [3.63, 3.8) is 0 Å². The van der Waals surface area contributed by atoms with Crippen LogP contribution >= 0.6 is 15.9 Å². The fraction of sp³-hybridized carbons (Fsp3) is 0.400. The Morgan fingerprint density at radius 3 is 2.59 bits per heavy atom. The van der Waals surface area contributed by atoms with Crippen LogP contribution in [0.4, 0.5) is 0 Å². The number of halogens is 1. The second kappa shape index (κ2) is 8.53. The third-order valence-electron chi connectivity index (χ3n) is 3.04. The number of benzene rings is 1. The summed E-state index contributed by atoms with van der Waals surface area (Å²) >= 11 is 3.27. The average Bonchev–Trinajstić information content (AvgIpc) is 2.44. The minimum absolute atomic E-state index is 0.000209. The van der Waals surface area contributed by atoms with Gasteiger partial charge in [-0.25, -0.2) is 0 Å². The van der Waals surface area contributed by atoms with Gasteiger partial charge in [-0.2, -0.15) is 0 Å². The first kappa shape index (κ1) is 18.2. The Morgan fingerprint density at radius 1 is 1.36 bits per heavy atom. The van der Waals surface area contributed by atoms with Crippen LogP contribution in [-0.4, -0.2) is 30.4 Å². The smallest absolute Gasteiger partial charge is 0.306 e. The van der Waals surface area contributed by atoms with Crippen LogP contribution in [-0.2, 0) is 14.3 Å². The molecule has 1 aromatic carbocycles. The lowest BCUT2D eigenvalue weighted by molar-refractivity contribution is -0.144. The zero-order valence-electron chi connectivity index (χ0n) is 12.5. The third kappa shape index (κ3) is 5.48. The predicted octanol–water partition coefficient (Wildman–Crippen LogP) is 1.62. The van der Waals surface area contributed by atoms with Gasteiger partial charge in [0.05, 0.1) is 13.0 Å². The number of nitrogens with one attached hydrogen (secondary N) is 1. The van der Waals surface area contributed by atoms with Gasteiger partial charge < -0.3 is 15.8 Å². The molecule has 0 bridgehead atoms. The van der Waals surface area contributed by atoms with Gasteiger partial charge in [-0.1, -0.05) is 28.9 Å². The molecule has 0 aromatic heterocycles. The lowest BCUT2D eigenvalue weighted by Gasteiger charge is -2.21. The maximum atomic E-state index is 12.2. The van der Waals surface area contributed by atoms with E-state index < -0.39 is 29.7 Å². The van der Waals surface area contributed by atoms with Gasteiger partial charge in [0.15, 0.2) is 0 Å². The first-order valence-corrected chi connectivity index (χ1v) is 7.65. The van der Waals surface area contributed by atoms with Gasteiger partial charge in [-0.15, -0.1) is 0 Å². The molecule has 0 aliphatic rings. The lowest BCUT2D eigenvalue weighted by Crippen LogP contribution is -2.49. The normalized spacial score (nSPS) is 13.0. The van der Waals surface area contributed by atoms with Crippen molar-refractivity contribution in [3.05, 3.63) is 34.3 Å². The fourth-order valence-corrected chi connectivity index (χ4v) is 2.35. The van der Waals surface area contributed by atoms with Crippen molar-refractivity contribution < 1.29 is 19.1 Å². The van der Waals surface area contributed by atoms with Gasteiger partial charge in [0.1, 0.15) is 6.04 Å². The molecule has 7 heteroatoms. The first-order valence-electron chi connectivity index (χ1n) is 6.86. The van der Waals surface area contributed by atoms with E-state index in [1.54, 1.807) is 38.1 Å². The van der Waals surface area contributed by atoms with Crippen molar-refractivity contribution in [3.8, 4) is 0 Å². The van der Waals surface area contributed by atoms with E-state index in [2.05, 4.69) is 21.2 Å². The molecule has 2 atom stereocenters. The second-order valence-electron chi connectivity index (χ2n) is 4.85. The summed E-state index contributed by atoms with van der Waals surface area (Å²) in [4.78, 5) is 35.2. The number of hydrogen-bond donors (Lipinski definition) is 2. The zero-order chi connectivity index (χ0) is 16.7. The van der Waals surface area contributed by atoms with Crippen LogP contribution < -0.4 is 11.1 Å². The number of primary amides is 1. The minimum atomic E-state index is -0.948. The summed E-state index contributed by atoms with van der Waals surface area (Å²) in [6.07, 6.45) is 0.000209. The summed E-state index contributed by atoms with van der Waals surface area (Å²) < 4.78 is 5.58. The van der Waals surface area contributed by atoms with Crippen LogP contribution in [0.1, 0.15) is 30.6 Å². The maximum absolute atomic E-state index is 12.2. The SMILES string of the molecule is CCOC(=O)C[C@H](C)[C@@H](NC(=O)c1cccc(Br)c1)C(N)=O. The predicted molar refractivity (Wildman–Crippen MR) is 85.0 cm³/mol. The van der Waals surface area contributed by atoms with Gasteiger partial charge in [0.2, 0.25) is 5.91 Å². The topological polar surface area (TPSA) is 98.5 Å². The molecular formula is C15H19BrN2O4. The highest BCUT2D eigenvalue weighted by molar-refractivity contribution is 9.10. The molecule has 0 fully saturated rings. The molecule has 0 saturated heterocycles. The summed E-state index contributed by atoms with van der Waals surface area (Å²) in [6, 6.07) is 5.79. The summed E-state index contributed by atoms with van der Waals surface area (Å²) in [7, 11) is 0. The molecule has 0 aliphatic heterocycles. The molecule has 3 N–H and O–H groups in total. The summed E-state index contributed by atoms with van der Waals surface area (Å²) in [5.41, 5.74) is 5.72. The van der Waals surface area contributed by atoms with Crippen LogP contribution in [0.25, 0.3) is 0 Å². The van der Waals surface area contributed by atoms with E-state index in [1.807, 2.05) is 0 Å². The Bertz CT molecular complexity index is 562. The monoisotopic (exact) mass is 370 g/mol. The van der Waals surface area contributed by atoms with Crippen LogP contribution in [0.5, 0.6) is 0 Å². The van der Waals surface area contributed by atoms with E-state index >= 15 is 0 Å². The Kier molecular flexibility index (Phi) is 7.04. The fourth-order valence-electron chi connectivity index (χ4n) is 1.95. The summed E-state index contributed by atoms with van der Waals surface area (Å²) in [6.45, 7) is 3.62. The first-order chi connectivity index (χ1) is 10.3. The molecule has 1 aromatic rings. The maximum Gasteiger partial charge on any atom is 0.306 e. The summed E-state index contributed by atoms with van der Waals surface area (Å²) in [5.74, 6) is -2.02. The third-order valence-corrected chi connectivity index (χ3v) is 3.54. The molecule has 120 valence electrons. The van der Waals surface area contributed by atoms with Crippen molar-refractivity contribution >= 4 is 33.7 Å². The van der Waals surface area contributed by atoms with E-state index in [-0.39, 0.29) is 13.0 Å². The van der Waals surface area contributed by atoms with Gasteiger partial charge >= 0.3 is 5.97 Å². The number of esters is 1. The quantitative estimate of drug-likeness (QED) is 0.712. The van der Waals surface area contributed by atoms with Crippen molar-refractivity contribution in [2.24, 2.45) is 11.7 Å². The van der Waals surface area contributed by atoms with Crippen LogP contribution in [0.15, 0.2) is 28.7 Å². The van der Waals surface area contributed by atoms with E-state index in [0.717, 1.165) is 4.47 Å². The molecule has 22 heavy (non-hydrogen) atoms. The number of rotatable bonds is 7. The van der Waals surface area contributed by atoms with Gasteiger partial charge in [0.25, 0.3) is 5.91 Å². The zero-order valence-corrected chi connectivity index (χ0v) is 14.1.